The molecular weight excluding hydrogens is 303 g/mol. The molecule has 1 aliphatic rings. The molecule has 1 fully saturated rings. The van der Waals surface area contributed by atoms with Gasteiger partial charge in [-0.1, -0.05) is 19.1 Å². The Kier molecular flexibility index (Phi) is 3.68. The summed E-state index contributed by atoms with van der Waals surface area (Å²) >= 11 is 8.03. The van der Waals surface area contributed by atoms with Gasteiger partial charge < -0.3 is 11.1 Å². The summed E-state index contributed by atoms with van der Waals surface area (Å²) in [6.07, 6.45) is 1.22. The highest BCUT2D eigenvalue weighted by atomic mass is 79.9. The molecule has 0 spiro atoms. The van der Waals surface area contributed by atoms with Crippen LogP contribution < -0.4 is 11.1 Å². The predicted octanol–water partition coefficient (Wildman–Crippen LogP) is 3.29. The average Bonchev–Trinajstić information content (AvgIpc) is 2.96. The van der Waals surface area contributed by atoms with Crippen LogP contribution in [-0.2, 0) is 0 Å². The van der Waals surface area contributed by atoms with Crippen LogP contribution in [0, 0.1) is 17.7 Å². The summed E-state index contributed by atoms with van der Waals surface area (Å²) < 4.78 is 14.3. The maximum absolute atomic E-state index is 14.0. The van der Waals surface area contributed by atoms with Crippen LogP contribution in [0.2, 0.25) is 0 Å². The maximum atomic E-state index is 14.0. The lowest BCUT2D eigenvalue weighted by atomic mass is 10.2. The third kappa shape index (κ3) is 2.77. The smallest absolute Gasteiger partial charge is 0.161 e. The van der Waals surface area contributed by atoms with E-state index >= 15 is 0 Å². The van der Waals surface area contributed by atoms with E-state index in [-0.39, 0.29) is 10.8 Å². The Bertz CT molecular complexity index is 464. The highest BCUT2D eigenvalue weighted by molar-refractivity contribution is 9.10. The monoisotopic (exact) mass is 316 g/mol. The molecule has 1 aromatic rings. The van der Waals surface area contributed by atoms with Gasteiger partial charge in [-0.3, -0.25) is 0 Å². The summed E-state index contributed by atoms with van der Waals surface area (Å²) in [6.45, 7) is 3.02. The maximum Gasteiger partial charge on any atom is 0.161 e. The van der Waals surface area contributed by atoms with E-state index in [1.165, 1.54) is 6.42 Å². The Labute approximate surface area is 114 Å². The van der Waals surface area contributed by atoms with E-state index in [4.69, 9.17) is 18.0 Å². The Morgan fingerprint density at radius 1 is 1.65 bits per heavy atom. The number of thiocarbonyl (C=S) groups is 1. The fourth-order valence-corrected chi connectivity index (χ4v) is 2.66. The van der Waals surface area contributed by atoms with Crippen molar-refractivity contribution in [2.75, 3.05) is 11.9 Å². The van der Waals surface area contributed by atoms with Crippen molar-refractivity contribution in [3.8, 4) is 0 Å². The van der Waals surface area contributed by atoms with Crippen LogP contribution in [0.1, 0.15) is 18.9 Å². The molecule has 0 heterocycles. The third-order valence-electron chi connectivity index (χ3n) is 3.18. The molecule has 2 unspecified atom stereocenters. The number of nitrogens with two attached hydrogens (primary N) is 1. The quantitative estimate of drug-likeness (QED) is 0.837. The molecule has 0 bridgehead atoms. The van der Waals surface area contributed by atoms with E-state index in [1.54, 1.807) is 12.1 Å². The summed E-state index contributed by atoms with van der Waals surface area (Å²) in [6, 6.07) is 3.41. The van der Waals surface area contributed by atoms with Crippen LogP contribution in [0.15, 0.2) is 16.6 Å². The number of rotatable bonds is 4. The largest absolute Gasteiger partial charge is 0.389 e. The zero-order valence-electron chi connectivity index (χ0n) is 9.47. The number of nitrogens with one attached hydrogen (secondary N) is 1. The summed E-state index contributed by atoms with van der Waals surface area (Å²) in [5.41, 5.74) is 6.52. The van der Waals surface area contributed by atoms with Gasteiger partial charge in [0, 0.05) is 12.1 Å². The molecule has 0 aliphatic heterocycles. The molecule has 2 nitrogen and oxygen atoms in total. The van der Waals surface area contributed by atoms with Crippen molar-refractivity contribution in [3.63, 3.8) is 0 Å². The highest BCUT2D eigenvalue weighted by Crippen LogP contribution is 2.38. The molecule has 17 heavy (non-hydrogen) atoms. The molecule has 1 saturated carbocycles. The standard InChI is InChI=1S/C12H14BrFN2S/c1-6-4-7(6)5-16-9-3-2-8(12(15)17)10(13)11(9)14/h2-3,6-7,16H,4-5H2,1H3,(H2,15,17). The van der Waals surface area contributed by atoms with Crippen LogP contribution in [0.3, 0.4) is 0 Å². The molecule has 0 aromatic heterocycles. The zero-order valence-corrected chi connectivity index (χ0v) is 11.9. The van der Waals surface area contributed by atoms with Crippen molar-refractivity contribution in [1.82, 2.24) is 0 Å². The molecule has 0 amide bonds. The minimum absolute atomic E-state index is 0.193. The molecule has 0 radical (unpaired) electrons. The minimum Gasteiger partial charge on any atom is -0.389 e. The Hall–Kier alpha value is -0.680. The van der Waals surface area contributed by atoms with Crippen molar-refractivity contribution in [1.29, 1.82) is 0 Å². The van der Waals surface area contributed by atoms with E-state index in [0.29, 0.717) is 21.6 Å². The second-order valence-corrected chi connectivity index (χ2v) is 5.74. The number of benzene rings is 1. The summed E-state index contributed by atoms with van der Waals surface area (Å²) in [5.74, 6) is 1.09. The SMILES string of the molecule is CC1CC1CNc1ccc(C(N)=S)c(Br)c1F. The predicted molar refractivity (Wildman–Crippen MR) is 75.7 cm³/mol. The first-order valence-corrected chi connectivity index (χ1v) is 6.72. The van der Waals surface area contributed by atoms with Gasteiger partial charge in [0.2, 0.25) is 0 Å². The van der Waals surface area contributed by atoms with Gasteiger partial charge in [-0.25, -0.2) is 4.39 Å². The molecule has 3 N–H and O–H groups in total. The van der Waals surface area contributed by atoms with Crippen molar-refractivity contribution in [3.05, 3.63) is 28.0 Å². The van der Waals surface area contributed by atoms with Gasteiger partial charge in [0.1, 0.15) is 4.99 Å². The summed E-state index contributed by atoms with van der Waals surface area (Å²) in [7, 11) is 0. The van der Waals surface area contributed by atoms with Crippen LogP contribution in [0.4, 0.5) is 10.1 Å². The number of hydrogen-bond acceptors (Lipinski definition) is 2. The van der Waals surface area contributed by atoms with E-state index in [0.717, 1.165) is 12.5 Å². The number of hydrogen-bond donors (Lipinski definition) is 2. The first-order chi connectivity index (χ1) is 8.00. The third-order valence-corrected chi connectivity index (χ3v) is 4.17. The van der Waals surface area contributed by atoms with Gasteiger partial charge >= 0.3 is 0 Å². The molecular formula is C12H14BrFN2S. The Morgan fingerprint density at radius 3 is 2.82 bits per heavy atom. The van der Waals surface area contributed by atoms with Crippen LogP contribution >= 0.6 is 28.1 Å². The number of anilines is 1. The lowest BCUT2D eigenvalue weighted by Crippen LogP contribution is -2.12. The van der Waals surface area contributed by atoms with Gasteiger partial charge in [-0.15, -0.1) is 0 Å². The van der Waals surface area contributed by atoms with Gasteiger partial charge in [-0.2, -0.15) is 0 Å². The average molecular weight is 317 g/mol. The Morgan fingerprint density at radius 2 is 2.29 bits per heavy atom. The van der Waals surface area contributed by atoms with Gasteiger partial charge in [0.15, 0.2) is 5.82 Å². The first kappa shape index (κ1) is 12.8. The van der Waals surface area contributed by atoms with Crippen LogP contribution in [-0.4, -0.2) is 11.5 Å². The van der Waals surface area contributed by atoms with Crippen molar-refractivity contribution in [2.24, 2.45) is 17.6 Å². The summed E-state index contributed by atoms with van der Waals surface area (Å²) in [5, 5.41) is 3.12. The zero-order chi connectivity index (χ0) is 12.6. The second kappa shape index (κ2) is 4.90. The number of halogens is 2. The van der Waals surface area contributed by atoms with Gasteiger partial charge in [-0.05, 0) is 46.3 Å². The Balaban J connectivity index is 2.13. The normalized spacial score (nSPS) is 22.3. The molecule has 2 atom stereocenters. The topological polar surface area (TPSA) is 38.0 Å². The van der Waals surface area contributed by atoms with Gasteiger partial charge in [0.05, 0.1) is 10.2 Å². The molecule has 1 aromatic carbocycles. The molecule has 0 saturated heterocycles. The second-order valence-electron chi connectivity index (χ2n) is 4.51. The van der Waals surface area contributed by atoms with Crippen molar-refractivity contribution >= 4 is 38.8 Å². The lowest BCUT2D eigenvalue weighted by Gasteiger charge is -2.10. The highest BCUT2D eigenvalue weighted by Gasteiger charge is 2.32. The molecule has 5 heteroatoms. The van der Waals surface area contributed by atoms with Gasteiger partial charge in [0.25, 0.3) is 0 Å². The van der Waals surface area contributed by atoms with E-state index in [2.05, 4.69) is 28.2 Å². The first-order valence-electron chi connectivity index (χ1n) is 5.52. The minimum atomic E-state index is -0.330. The van der Waals surface area contributed by atoms with Crippen molar-refractivity contribution < 1.29 is 4.39 Å². The molecule has 92 valence electrons. The fraction of sp³-hybridized carbons (Fsp3) is 0.417. The lowest BCUT2D eigenvalue weighted by molar-refractivity contribution is 0.621. The van der Waals surface area contributed by atoms with E-state index < -0.39 is 0 Å². The van der Waals surface area contributed by atoms with E-state index in [9.17, 15) is 4.39 Å². The van der Waals surface area contributed by atoms with Crippen LogP contribution in [0.5, 0.6) is 0 Å². The summed E-state index contributed by atoms with van der Waals surface area (Å²) in [4.78, 5) is 0.193. The van der Waals surface area contributed by atoms with Crippen molar-refractivity contribution in [2.45, 2.75) is 13.3 Å². The molecule has 1 aliphatic carbocycles. The van der Waals surface area contributed by atoms with E-state index in [1.807, 2.05) is 0 Å². The molecule has 2 rings (SSSR count). The fourth-order valence-electron chi connectivity index (χ4n) is 1.80. The van der Waals surface area contributed by atoms with Crippen LogP contribution in [0.25, 0.3) is 0 Å².